The predicted molar refractivity (Wildman–Crippen MR) is 63.6 cm³/mol. The van der Waals surface area contributed by atoms with Crippen molar-refractivity contribution in [3.8, 4) is 0 Å². The van der Waals surface area contributed by atoms with Crippen LogP contribution in [0.2, 0.25) is 5.02 Å². The fourth-order valence-electron chi connectivity index (χ4n) is 1.79. The summed E-state index contributed by atoms with van der Waals surface area (Å²) >= 11 is 7.74. The maximum absolute atomic E-state index is 11.0. The van der Waals surface area contributed by atoms with Gasteiger partial charge in [-0.2, -0.15) is 16.9 Å². The Labute approximate surface area is 97.6 Å². The number of thioether (sulfide) groups is 1. The first-order valence-electron chi connectivity index (χ1n) is 5.07. The molecule has 1 fully saturated rings. The van der Waals surface area contributed by atoms with Crippen LogP contribution < -0.4 is 5.56 Å². The van der Waals surface area contributed by atoms with Gasteiger partial charge in [-0.15, -0.1) is 0 Å². The zero-order valence-corrected chi connectivity index (χ0v) is 9.90. The van der Waals surface area contributed by atoms with Gasteiger partial charge in [-0.25, -0.2) is 5.10 Å². The first-order valence-corrected chi connectivity index (χ1v) is 6.61. The Balaban J connectivity index is 2.03. The van der Waals surface area contributed by atoms with E-state index in [2.05, 4.69) is 10.2 Å². The minimum absolute atomic E-state index is 0.239. The van der Waals surface area contributed by atoms with Crippen LogP contribution in [0.3, 0.4) is 0 Å². The third kappa shape index (κ3) is 2.98. The van der Waals surface area contributed by atoms with E-state index in [1.54, 1.807) is 6.07 Å². The van der Waals surface area contributed by atoms with Crippen LogP contribution in [-0.4, -0.2) is 21.7 Å². The van der Waals surface area contributed by atoms with Gasteiger partial charge in [0.2, 0.25) is 0 Å². The minimum Gasteiger partial charge on any atom is -0.266 e. The molecule has 0 spiro atoms. The Morgan fingerprint density at radius 3 is 3.20 bits per heavy atom. The first kappa shape index (κ1) is 11.0. The maximum atomic E-state index is 11.0. The largest absolute Gasteiger partial charge is 0.282 e. The van der Waals surface area contributed by atoms with Crippen molar-refractivity contribution in [3.63, 3.8) is 0 Å². The van der Waals surface area contributed by atoms with Crippen molar-refractivity contribution in [2.75, 3.05) is 11.5 Å². The smallest absolute Gasteiger partial charge is 0.266 e. The number of aromatic nitrogens is 2. The molecule has 1 saturated heterocycles. The number of rotatable bonds is 2. The second-order valence-corrected chi connectivity index (χ2v) is 5.38. The number of hydrogen-bond donors (Lipinski definition) is 1. The fraction of sp³-hybridized carbons (Fsp3) is 0.600. The van der Waals surface area contributed by atoms with Crippen molar-refractivity contribution < 1.29 is 0 Å². The van der Waals surface area contributed by atoms with Crippen LogP contribution >= 0.6 is 23.4 Å². The Kier molecular flexibility index (Phi) is 3.70. The number of halogens is 1. The van der Waals surface area contributed by atoms with Gasteiger partial charge in [-0.1, -0.05) is 11.6 Å². The van der Waals surface area contributed by atoms with Gasteiger partial charge in [-0.05, 0) is 42.8 Å². The second-order valence-electron chi connectivity index (χ2n) is 3.82. The molecule has 82 valence electrons. The number of aromatic amines is 1. The van der Waals surface area contributed by atoms with E-state index in [4.69, 9.17) is 11.6 Å². The average Bonchev–Trinajstić information content (AvgIpc) is 2.25. The lowest BCUT2D eigenvalue weighted by Crippen LogP contribution is -2.16. The zero-order valence-electron chi connectivity index (χ0n) is 8.33. The Hall–Kier alpha value is -0.480. The van der Waals surface area contributed by atoms with Crippen molar-refractivity contribution in [2.24, 2.45) is 5.92 Å². The van der Waals surface area contributed by atoms with Gasteiger partial charge < -0.3 is 0 Å². The summed E-state index contributed by atoms with van der Waals surface area (Å²) in [6.45, 7) is 0. The molecule has 0 amide bonds. The molecule has 0 saturated carbocycles. The second kappa shape index (κ2) is 5.03. The molecule has 1 aliphatic heterocycles. The van der Waals surface area contributed by atoms with E-state index < -0.39 is 0 Å². The number of nitrogens with zero attached hydrogens (tertiary/aromatic N) is 1. The van der Waals surface area contributed by atoms with Crippen LogP contribution in [0.5, 0.6) is 0 Å². The van der Waals surface area contributed by atoms with Crippen molar-refractivity contribution in [1.82, 2.24) is 10.2 Å². The van der Waals surface area contributed by atoms with Gasteiger partial charge in [0.25, 0.3) is 5.56 Å². The molecule has 1 aromatic rings. The third-order valence-electron chi connectivity index (χ3n) is 2.56. The summed E-state index contributed by atoms with van der Waals surface area (Å²) in [4.78, 5) is 11.0. The molecule has 2 rings (SSSR count). The summed E-state index contributed by atoms with van der Waals surface area (Å²) in [5, 5.41) is 6.65. The van der Waals surface area contributed by atoms with Gasteiger partial charge in [-0.3, -0.25) is 4.79 Å². The van der Waals surface area contributed by atoms with Crippen LogP contribution in [0.25, 0.3) is 0 Å². The molecule has 15 heavy (non-hydrogen) atoms. The Morgan fingerprint density at radius 2 is 2.53 bits per heavy atom. The van der Waals surface area contributed by atoms with Crippen LogP contribution in [-0.2, 0) is 6.42 Å². The van der Waals surface area contributed by atoms with Gasteiger partial charge in [0.1, 0.15) is 5.02 Å². The lowest BCUT2D eigenvalue weighted by molar-refractivity contribution is 0.512. The zero-order chi connectivity index (χ0) is 10.7. The molecule has 0 radical (unpaired) electrons. The minimum atomic E-state index is -0.307. The van der Waals surface area contributed by atoms with Crippen LogP contribution in [0.15, 0.2) is 10.9 Å². The monoisotopic (exact) mass is 244 g/mol. The molecule has 1 unspecified atom stereocenters. The van der Waals surface area contributed by atoms with Gasteiger partial charge in [0.05, 0.1) is 5.69 Å². The summed E-state index contributed by atoms with van der Waals surface area (Å²) < 4.78 is 0. The SMILES string of the molecule is O=c1[nH]nc(CC2CCCSC2)cc1Cl. The van der Waals surface area contributed by atoms with E-state index in [1.807, 2.05) is 11.8 Å². The highest BCUT2D eigenvalue weighted by molar-refractivity contribution is 7.99. The molecule has 0 aromatic carbocycles. The van der Waals surface area contributed by atoms with Crippen molar-refractivity contribution >= 4 is 23.4 Å². The van der Waals surface area contributed by atoms with Crippen LogP contribution in [0.1, 0.15) is 18.5 Å². The molecule has 5 heteroatoms. The quantitative estimate of drug-likeness (QED) is 0.867. The number of hydrogen-bond acceptors (Lipinski definition) is 3. The average molecular weight is 245 g/mol. The summed E-state index contributed by atoms with van der Waals surface area (Å²) in [6.07, 6.45) is 3.46. The Bertz CT molecular complexity index is 387. The van der Waals surface area contributed by atoms with Crippen LogP contribution in [0.4, 0.5) is 0 Å². The fourth-order valence-corrected chi connectivity index (χ4v) is 3.11. The Morgan fingerprint density at radius 1 is 1.67 bits per heavy atom. The van der Waals surface area contributed by atoms with Crippen molar-refractivity contribution in [3.05, 3.63) is 27.1 Å². The molecular weight excluding hydrogens is 232 g/mol. The van der Waals surface area contributed by atoms with E-state index in [1.165, 1.54) is 24.3 Å². The molecule has 1 N–H and O–H groups in total. The highest BCUT2D eigenvalue weighted by Crippen LogP contribution is 2.25. The topological polar surface area (TPSA) is 45.8 Å². The summed E-state index contributed by atoms with van der Waals surface area (Å²) in [5.74, 6) is 3.15. The number of nitrogens with one attached hydrogen (secondary N) is 1. The number of H-pyrrole nitrogens is 1. The molecule has 0 aliphatic carbocycles. The van der Waals surface area contributed by atoms with Crippen molar-refractivity contribution in [1.29, 1.82) is 0 Å². The van der Waals surface area contributed by atoms with Gasteiger partial charge in [0.15, 0.2) is 0 Å². The van der Waals surface area contributed by atoms with E-state index in [0.29, 0.717) is 5.92 Å². The summed E-state index contributed by atoms with van der Waals surface area (Å²) in [5.41, 5.74) is 0.588. The highest BCUT2D eigenvalue weighted by Gasteiger charge is 2.15. The summed E-state index contributed by atoms with van der Waals surface area (Å²) in [6, 6.07) is 1.68. The molecule has 1 aliphatic rings. The maximum Gasteiger partial charge on any atom is 0.282 e. The van der Waals surface area contributed by atoms with E-state index in [9.17, 15) is 4.79 Å². The molecule has 0 bridgehead atoms. The van der Waals surface area contributed by atoms with Crippen molar-refractivity contribution in [2.45, 2.75) is 19.3 Å². The third-order valence-corrected chi connectivity index (χ3v) is 4.13. The molecule has 2 heterocycles. The molecule has 1 aromatic heterocycles. The van der Waals surface area contributed by atoms with E-state index >= 15 is 0 Å². The standard InChI is InChI=1S/C10H13ClN2OS/c11-9-5-8(12-13-10(9)14)4-7-2-1-3-15-6-7/h5,7H,1-4,6H2,(H,13,14). The first-order chi connectivity index (χ1) is 7.25. The van der Waals surface area contributed by atoms with Gasteiger partial charge >= 0.3 is 0 Å². The highest BCUT2D eigenvalue weighted by atomic mass is 35.5. The molecule has 1 atom stereocenters. The predicted octanol–water partition coefficient (Wildman–Crippen LogP) is 2.11. The molecule has 3 nitrogen and oxygen atoms in total. The van der Waals surface area contributed by atoms with Crippen LogP contribution in [0, 0.1) is 5.92 Å². The molecular formula is C10H13ClN2OS. The normalized spacial score (nSPS) is 21.5. The van der Waals surface area contributed by atoms with E-state index in [-0.39, 0.29) is 10.6 Å². The lowest BCUT2D eigenvalue weighted by atomic mass is 9.99. The van der Waals surface area contributed by atoms with Gasteiger partial charge in [0, 0.05) is 0 Å². The summed E-state index contributed by atoms with van der Waals surface area (Å²) in [7, 11) is 0. The van der Waals surface area contributed by atoms with E-state index in [0.717, 1.165) is 12.1 Å². The lowest BCUT2D eigenvalue weighted by Gasteiger charge is -2.20.